The van der Waals surface area contributed by atoms with Gasteiger partial charge in [-0.25, -0.2) is 8.42 Å². The number of ether oxygens (including phenoxy) is 3. The van der Waals surface area contributed by atoms with Gasteiger partial charge in [0.1, 0.15) is 42.0 Å². The first-order valence-electron chi connectivity index (χ1n) is 48.9. The van der Waals surface area contributed by atoms with Gasteiger partial charge in [-0.3, -0.25) is 13.8 Å². The number of carbonyl (C=O) groups excluding carboxylic acids is 2. The van der Waals surface area contributed by atoms with Gasteiger partial charge in [-0.1, -0.05) is 284 Å². The molecule has 6 aromatic carbocycles. The highest BCUT2D eigenvalue weighted by Crippen LogP contribution is 2.47. The molecule has 6 aromatic rings. The minimum absolute atomic E-state index is 0. The number of amides is 2. The monoisotopic (exact) mass is 2030 g/mol. The Balaban J connectivity index is 0.000000220. The maximum absolute atomic E-state index is 12.8. The molecule has 0 spiro atoms. The summed E-state index contributed by atoms with van der Waals surface area (Å²) in [7, 11) is -1.55. The predicted octanol–water partition coefficient (Wildman–Crippen LogP) is 26.5. The third-order valence-corrected chi connectivity index (χ3v) is 51.8. The van der Waals surface area contributed by atoms with Crippen LogP contribution in [-0.2, 0) is 142 Å². The number of nitrogens with zero attached hydrogens (tertiary/aromatic N) is 2. The van der Waals surface area contributed by atoms with Gasteiger partial charge < -0.3 is 24.0 Å². The Kier molecular flexibility index (Phi) is 43.1. The molecule has 12 heterocycles. The number of hydrogen-bond donors (Lipinski definition) is 0. The SMILES string of the molecule is C.C.C.C.C.C.CC(C)(C)C(=O)N1CC2CCCC(C1)[S+]2c1ccc(C(C)(C)C)cc1.CC(C)(C)C(=O)N1CC2COCC(C1)[S+]2c1ccc(C(C)(C)C)cc1.CC(C)(C)c1ccc([S+]2C3CCCC2CS(=O)(=O)C3)cc1.CC(C)(C)c1ccc([S+]2C3CCCC2CS(=O)C3)cc1.CC(C)(C)c1ccc([S+]2C3CCCC2CSC3)cc1.CC(C)(C)c1ccc([S+]2C3COCC2COC3)cc1. The summed E-state index contributed by atoms with van der Waals surface area (Å²) in [6.07, 6.45) is 15.6. The second-order valence-corrected chi connectivity index (χ2v) is 67.0. The van der Waals surface area contributed by atoms with Gasteiger partial charge in [0.25, 0.3) is 0 Å². The van der Waals surface area contributed by atoms with E-state index in [0.717, 1.165) is 101 Å². The van der Waals surface area contributed by atoms with Crippen molar-refractivity contribution in [1.82, 2.24) is 9.80 Å². The van der Waals surface area contributed by atoms with Crippen LogP contribution < -0.4 is 0 Å². The van der Waals surface area contributed by atoms with Gasteiger partial charge in [0, 0.05) is 98.5 Å². The lowest BCUT2D eigenvalue weighted by Crippen LogP contribution is -2.61. The molecule has 10 atom stereocenters. The third-order valence-electron chi connectivity index (χ3n) is 28.1. The van der Waals surface area contributed by atoms with Crippen LogP contribution in [0.5, 0.6) is 0 Å². The minimum atomic E-state index is -2.81. The Hall–Kier alpha value is -3.31. The molecule has 12 saturated heterocycles. The lowest BCUT2D eigenvalue weighted by atomic mass is 9.87. The molecule has 12 aliphatic rings. The van der Waals surface area contributed by atoms with Crippen LogP contribution in [0.25, 0.3) is 0 Å². The van der Waals surface area contributed by atoms with Crippen molar-refractivity contribution in [2.75, 3.05) is 100 Å². The number of benzene rings is 6. The first-order valence-corrected chi connectivity index (χ1v) is 61.4. The fourth-order valence-electron chi connectivity index (χ4n) is 20.9. The van der Waals surface area contributed by atoms with Gasteiger partial charge in [0.2, 0.25) is 11.8 Å². The molecule has 758 valence electrons. The van der Waals surface area contributed by atoms with Crippen LogP contribution in [0.4, 0.5) is 0 Å². The molecule has 135 heavy (non-hydrogen) atoms. The van der Waals surface area contributed by atoms with Gasteiger partial charge in [-0.2, -0.15) is 11.8 Å². The molecular weight excluding hydrogens is 1840 g/mol. The Morgan fingerprint density at radius 3 is 0.733 bits per heavy atom. The number of carbonyl (C=O) groups is 2. The highest BCUT2D eigenvalue weighted by molar-refractivity contribution is 8.06. The summed E-state index contributed by atoms with van der Waals surface area (Å²) < 4.78 is 53.3. The average Bonchev–Trinajstić information content (AvgIpc) is 0.766. The number of fused-ring (bicyclic) bond motifs is 12. The van der Waals surface area contributed by atoms with E-state index < -0.39 is 20.6 Å². The van der Waals surface area contributed by atoms with E-state index in [4.69, 9.17) is 14.2 Å². The fourth-order valence-corrected chi connectivity index (χ4v) is 47.8. The molecule has 12 bridgehead atoms. The van der Waals surface area contributed by atoms with E-state index in [-0.39, 0.29) is 116 Å². The van der Waals surface area contributed by atoms with Crippen molar-refractivity contribution in [3.05, 3.63) is 179 Å². The van der Waals surface area contributed by atoms with E-state index in [1.165, 1.54) is 134 Å². The lowest BCUT2D eigenvalue weighted by Gasteiger charge is -2.42. The Morgan fingerprint density at radius 1 is 0.289 bits per heavy atom. The Bertz CT molecular complexity index is 4490. The summed E-state index contributed by atoms with van der Waals surface area (Å²) in [5, 5.41) is 7.33. The van der Waals surface area contributed by atoms with Crippen molar-refractivity contribution >= 4 is 110 Å². The predicted molar refractivity (Wildman–Crippen MR) is 604 cm³/mol. The molecule has 0 N–H and O–H groups in total. The standard InChI is InChI=1S/C22H34NOS.C21H32NO2S.C17H25O2S2.C17H25OS2.C17H25S2.C16H23O2S.6CH4/c1-21(2,3)16-10-12-17(13-11-16)25-18-8-7-9-19(25)15-23(14-18)20(24)22(4,5)6;1-20(2,3)15-7-9-16(10-8-15)25-17-11-22(19(23)21(4,5)6)12-18(25)14-24-13-17;1-17(2,3)13-7-9-14(10-8-13)20-15-5-4-6-16(20)12-21(18,19)11-15;1-17(2,3)13-7-9-14(10-8-13)20-15-5-4-6-16(20)12-19(18)11-15;1-17(2,3)13-7-9-14(10-8-13)19-15-5-4-6-16(19)12-18-11-15;1-16(2,3)12-4-6-13(7-5-12)19-14-8-17-10-15(19)11-18-9-14;;;;;;/h10-13,18-19H,7-9,14-15H2,1-6H3;7-10,17-18H,11-14H2,1-6H3;7-10,15-16H,4-6,11-12H2,1-3H3;7-10,15-16H,4-6,11-12H2,1-3H3;7-10,15-16H,4-6,11-12H2,1-3H3;4-7,14-15H,8-11H2,1-3H3;6*1H4/q6*+1;;;;;;. The number of sulfone groups is 1. The second kappa shape index (κ2) is 49.1. The second-order valence-electron chi connectivity index (χ2n) is 47.0. The largest absolute Gasteiger partial charge is 0.371 e. The zero-order valence-electron chi connectivity index (χ0n) is 83.4. The molecule has 2 amide bonds. The van der Waals surface area contributed by atoms with Gasteiger partial charge in [-0.15, -0.1) is 0 Å². The zero-order chi connectivity index (χ0) is 93.3. The van der Waals surface area contributed by atoms with Crippen LogP contribution in [0, 0.1) is 10.8 Å². The van der Waals surface area contributed by atoms with Crippen molar-refractivity contribution in [3.63, 3.8) is 0 Å². The fraction of sp³-hybridized carbons (Fsp3) is 0.672. The van der Waals surface area contributed by atoms with E-state index in [9.17, 15) is 22.2 Å². The molecule has 0 aliphatic carbocycles. The average molecular weight is 2030 g/mol. The molecule has 10 unspecified atom stereocenters. The summed E-state index contributed by atoms with van der Waals surface area (Å²) in [5.41, 5.74) is 9.16. The number of rotatable bonds is 6. The van der Waals surface area contributed by atoms with E-state index in [2.05, 4.69) is 292 Å². The molecule has 18 rings (SSSR count). The molecule has 12 aliphatic heterocycles. The highest BCUT2D eigenvalue weighted by atomic mass is 32.2. The van der Waals surface area contributed by atoms with Crippen LogP contribution in [-0.4, -0.2) is 198 Å². The highest BCUT2D eigenvalue weighted by Gasteiger charge is 2.57. The number of likely N-dealkylation sites (tertiary alicyclic amines) is 1. The van der Waals surface area contributed by atoms with E-state index >= 15 is 0 Å². The summed E-state index contributed by atoms with van der Waals surface area (Å²) in [4.78, 5) is 38.8. The van der Waals surface area contributed by atoms with Crippen molar-refractivity contribution in [2.24, 2.45) is 10.8 Å². The smallest absolute Gasteiger partial charge is 0.228 e. The van der Waals surface area contributed by atoms with Crippen LogP contribution >= 0.6 is 11.8 Å². The molecular formula is C116H188N2O8S9+6. The van der Waals surface area contributed by atoms with Crippen LogP contribution in [0.15, 0.2) is 175 Å². The van der Waals surface area contributed by atoms with Crippen molar-refractivity contribution in [1.29, 1.82) is 0 Å². The molecule has 10 nitrogen and oxygen atoms in total. The lowest BCUT2D eigenvalue weighted by molar-refractivity contribution is -0.141. The summed E-state index contributed by atoms with van der Waals surface area (Å²) in [5.74, 6) is 6.12. The van der Waals surface area contributed by atoms with Crippen molar-refractivity contribution < 1.29 is 36.4 Å². The van der Waals surface area contributed by atoms with Crippen molar-refractivity contribution in [3.8, 4) is 0 Å². The molecule has 12 fully saturated rings. The maximum Gasteiger partial charge on any atom is 0.228 e. The molecule has 0 radical (unpaired) electrons. The molecule has 19 heteroatoms. The quantitative estimate of drug-likeness (QED) is 0.150. The number of thioether (sulfide) groups is 1. The summed E-state index contributed by atoms with van der Waals surface area (Å²) in [6.45, 7) is 61.5. The van der Waals surface area contributed by atoms with E-state index in [1.54, 1.807) is 4.90 Å². The molecule has 0 aromatic heterocycles. The van der Waals surface area contributed by atoms with E-state index in [1.807, 2.05) is 41.5 Å². The topological polar surface area (TPSA) is 120 Å². The van der Waals surface area contributed by atoms with Crippen LogP contribution in [0.3, 0.4) is 0 Å². The van der Waals surface area contributed by atoms with Crippen LogP contribution in [0.2, 0.25) is 0 Å². The zero-order valence-corrected chi connectivity index (χ0v) is 90.8. The minimum Gasteiger partial charge on any atom is -0.371 e. The summed E-state index contributed by atoms with van der Waals surface area (Å²) in [6, 6.07) is 55.8. The van der Waals surface area contributed by atoms with Gasteiger partial charge in [-0.05, 0) is 216 Å². The number of hydrogen-bond acceptors (Lipinski definition) is 9. The normalized spacial score (nSPS) is 28.9. The van der Waals surface area contributed by atoms with Crippen molar-refractivity contribution in [2.45, 2.75) is 413 Å². The first kappa shape index (κ1) is 119. The third kappa shape index (κ3) is 30.4. The van der Waals surface area contributed by atoms with Gasteiger partial charge in [0.15, 0.2) is 60.2 Å². The summed E-state index contributed by atoms with van der Waals surface area (Å²) >= 11 is 2.20. The van der Waals surface area contributed by atoms with Gasteiger partial charge >= 0.3 is 0 Å². The Labute approximate surface area is 851 Å². The Morgan fingerprint density at radius 2 is 0.481 bits per heavy atom. The van der Waals surface area contributed by atoms with E-state index in [0.29, 0.717) is 113 Å². The first-order chi connectivity index (χ1) is 60.5. The van der Waals surface area contributed by atoms with Crippen LogP contribution in [0.1, 0.15) is 321 Å². The maximum atomic E-state index is 12.8. The van der Waals surface area contributed by atoms with Gasteiger partial charge in [0.05, 0.1) is 88.8 Å². The molecule has 0 saturated carbocycles.